The molecule has 0 fully saturated rings. The van der Waals surface area contributed by atoms with Gasteiger partial charge in [-0.1, -0.05) is 318 Å². The minimum atomic E-state index is -0.810. The molecule has 0 N–H and O–H groups in total. The summed E-state index contributed by atoms with van der Waals surface area (Å²) in [5, 5.41) is 0. The van der Waals surface area contributed by atoms with E-state index < -0.39 is 6.10 Å². The molecule has 0 aromatic rings. The van der Waals surface area contributed by atoms with Crippen LogP contribution in [0.15, 0.2) is 85.1 Å². The van der Waals surface area contributed by atoms with Crippen molar-refractivity contribution in [3.63, 3.8) is 0 Å². The number of allylic oxidation sites excluding steroid dienone is 14. The largest absolute Gasteiger partial charge is 0.462 e. The summed E-state index contributed by atoms with van der Waals surface area (Å²) in [5.74, 6) is -0.977. The summed E-state index contributed by atoms with van der Waals surface area (Å²) < 4.78 is 16.9. The first-order valence-electron chi connectivity index (χ1n) is 33.6. The average molecular weight is 1090 g/mol. The van der Waals surface area contributed by atoms with E-state index in [1.807, 2.05) is 6.08 Å². The number of unbranched alkanes of at least 4 members (excludes halogenated alkanes) is 36. The minimum Gasteiger partial charge on any atom is -0.462 e. The highest BCUT2D eigenvalue weighted by Crippen LogP contribution is 2.17. The fourth-order valence-corrected chi connectivity index (χ4v) is 9.64. The number of ether oxygens (including phenoxy) is 3. The Kier molecular flexibility index (Phi) is 63.2. The van der Waals surface area contributed by atoms with Crippen LogP contribution in [0.3, 0.4) is 0 Å². The van der Waals surface area contributed by atoms with Gasteiger partial charge in [0.05, 0.1) is 0 Å². The molecular weight excluding hydrogens is 961 g/mol. The highest BCUT2D eigenvalue weighted by atomic mass is 16.6. The zero-order valence-corrected chi connectivity index (χ0v) is 51.7. The monoisotopic (exact) mass is 1090 g/mol. The number of carbonyl (C=O) groups is 3. The number of hydrogen-bond donors (Lipinski definition) is 0. The van der Waals surface area contributed by atoms with Crippen molar-refractivity contribution in [3.8, 4) is 0 Å². The van der Waals surface area contributed by atoms with Crippen molar-refractivity contribution in [2.45, 2.75) is 341 Å². The van der Waals surface area contributed by atoms with Crippen LogP contribution in [0, 0.1) is 0 Å². The van der Waals surface area contributed by atoms with E-state index in [4.69, 9.17) is 14.2 Å². The van der Waals surface area contributed by atoms with Crippen LogP contribution in [0.5, 0.6) is 0 Å². The molecule has 450 valence electrons. The van der Waals surface area contributed by atoms with Crippen molar-refractivity contribution in [1.82, 2.24) is 0 Å². The van der Waals surface area contributed by atoms with Gasteiger partial charge in [-0.25, -0.2) is 0 Å². The Morgan fingerprint density at radius 1 is 0.269 bits per heavy atom. The van der Waals surface area contributed by atoms with E-state index in [0.717, 1.165) is 83.5 Å². The number of esters is 3. The lowest BCUT2D eigenvalue weighted by Gasteiger charge is -2.18. The van der Waals surface area contributed by atoms with Crippen molar-refractivity contribution < 1.29 is 28.6 Å². The first-order valence-corrected chi connectivity index (χ1v) is 33.6. The molecule has 0 aromatic carbocycles. The van der Waals surface area contributed by atoms with Gasteiger partial charge in [-0.05, 0) is 83.5 Å². The fraction of sp³-hybridized carbons (Fsp3) is 0.764. The Morgan fingerprint density at radius 3 is 0.859 bits per heavy atom. The quantitative estimate of drug-likeness (QED) is 0.0261. The summed E-state index contributed by atoms with van der Waals surface area (Å²) in [6.07, 6.45) is 87.7. The molecule has 0 radical (unpaired) electrons. The Labute approximate surface area is 484 Å². The number of carbonyl (C=O) groups excluding carboxylic acids is 3. The van der Waals surface area contributed by atoms with E-state index in [9.17, 15) is 14.4 Å². The van der Waals surface area contributed by atoms with Crippen LogP contribution in [0.25, 0.3) is 0 Å². The Balaban J connectivity index is 4.33. The van der Waals surface area contributed by atoms with Crippen molar-refractivity contribution in [2.24, 2.45) is 0 Å². The van der Waals surface area contributed by atoms with Gasteiger partial charge in [0.25, 0.3) is 0 Å². The molecule has 0 saturated carbocycles. The van der Waals surface area contributed by atoms with E-state index in [-0.39, 0.29) is 37.5 Å². The first kappa shape index (κ1) is 74.6. The van der Waals surface area contributed by atoms with Gasteiger partial charge < -0.3 is 14.2 Å². The van der Waals surface area contributed by atoms with Crippen molar-refractivity contribution >= 4 is 17.9 Å². The molecule has 1 unspecified atom stereocenters. The molecule has 6 nitrogen and oxygen atoms in total. The maximum atomic E-state index is 12.9. The van der Waals surface area contributed by atoms with Crippen LogP contribution in [0.1, 0.15) is 335 Å². The van der Waals surface area contributed by atoms with Gasteiger partial charge in [0, 0.05) is 19.3 Å². The first-order chi connectivity index (χ1) is 38.5. The summed E-state index contributed by atoms with van der Waals surface area (Å²) in [4.78, 5) is 38.3. The predicted molar refractivity (Wildman–Crippen MR) is 339 cm³/mol. The van der Waals surface area contributed by atoms with E-state index in [0.29, 0.717) is 19.3 Å². The number of hydrogen-bond acceptors (Lipinski definition) is 6. The second kappa shape index (κ2) is 66.1. The lowest BCUT2D eigenvalue weighted by Crippen LogP contribution is -2.30. The van der Waals surface area contributed by atoms with Gasteiger partial charge in [0.15, 0.2) is 6.10 Å². The zero-order chi connectivity index (χ0) is 56.4. The maximum Gasteiger partial charge on any atom is 0.306 e. The summed E-state index contributed by atoms with van der Waals surface area (Å²) in [7, 11) is 0. The molecule has 1 atom stereocenters. The molecule has 0 amide bonds. The molecule has 0 rings (SSSR count). The zero-order valence-electron chi connectivity index (χ0n) is 51.7. The van der Waals surface area contributed by atoms with Gasteiger partial charge in [0.2, 0.25) is 0 Å². The third-order valence-corrected chi connectivity index (χ3v) is 14.6. The third-order valence-electron chi connectivity index (χ3n) is 14.6. The second-order valence-corrected chi connectivity index (χ2v) is 22.4. The van der Waals surface area contributed by atoms with Crippen LogP contribution >= 0.6 is 0 Å². The van der Waals surface area contributed by atoms with Crippen molar-refractivity contribution in [1.29, 1.82) is 0 Å². The summed E-state index contributed by atoms with van der Waals surface area (Å²) in [5.41, 5.74) is 0. The molecule has 0 aliphatic heterocycles. The molecule has 6 heteroatoms. The van der Waals surface area contributed by atoms with Crippen molar-refractivity contribution in [3.05, 3.63) is 85.1 Å². The Morgan fingerprint density at radius 2 is 0.526 bits per heavy atom. The smallest absolute Gasteiger partial charge is 0.306 e. The molecule has 0 aliphatic rings. The van der Waals surface area contributed by atoms with Crippen LogP contribution in [0.4, 0.5) is 0 Å². The molecular formula is C72H126O6. The van der Waals surface area contributed by atoms with Gasteiger partial charge in [-0.15, -0.1) is 0 Å². The standard InChI is InChI=1S/C72H126O6/c1-4-7-10-13-16-19-22-25-27-29-31-33-35-37-38-40-42-44-47-50-53-56-59-62-65-71(74)77-68-69(67-76-70(73)64-61-58-55-52-49-46-24-21-18-15-12-9-6-3)78-72(75)66-63-60-57-54-51-48-45-43-41-39-36-34-32-30-28-26-23-20-17-14-11-8-5-2/h9,12,18,21,23,26,30,32,36,39,46,49,55,58,69H,4-8,10-11,13-17,19-20,22,24-25,27-29,31,33-35,37-38,40-45,47-48,50-54,56-57,59-68H2,1-3H3/b12-9-,21-18-,26-23-,32-30-,39-36-,49-46-,58-55-. The second-order valence-electron chi connectivity index (χ2n) is 22.4. The topological polar surface area (TPSA) is 78.9 Å². The Bertz CT molecular complexity index is 1480. The van der Waals surface area contributed by atoms with Crippen LogP contribution < -0.4 is 0 Å². The van der Waals surface area contributed by atoms with Gasteiger partial charge in [0.1, 0.15) is 13.2 Å². The van der Waals surface area contributed by atoms with Crippen molar-refractivity contribution in [2.75, 3.05) is 13.2 Å². The van der Waals surface area contributed by atoms with Crippen LogP contribution in [-0.2, 0) is 28.6 Å². The van der Waals surface area contributed by atoms with Gasteiger partial charge in [-0.3, -0.25) is 14.4 Å². The van der Waals surface area contributed by atoms with E-state index in [2.05, 4.69) is 99.8 Å². The molecule has 78 heavy (non-hydrogen) atoms. The lowest BCUT2D eigenvalue weighted by atomic mass is 10.0. The van der Waals surface area contributed by atoms with E-state index >= 15 is 0 Å². The van der Waals surface area contributed by atoms with Gasteiger partial charge in [-0.2, -0.15) is 0 Å². The highest BCUT2D eigenvalue weighted by molar-refractivity contribution is 5.71. The Hall–Kier alpha value is -3.41. The van der Waals surface area contributed by atoms with Gasteiger partial charge >= 0.3 is 17.9 Å². The van der Waals surface area contributed by atoms with Crippen LogP contribution in [-0.4, -0.2) is 37.2 Å². The summed E-state index contributed by atoms with van der Waals surface area (Å²) >= 11 is 0. The van der Waals surface area contributed by atoms with E-state index in [1.165, 1.54) is 205 Å². The molecule has 0 heterocycles. The van der Waals surface area contributed by atoms with Crippen LogP contribution in [0.2, 0.25) is 0 Å². The van der Waals surface area contributed by atoms with E-state index in [1.54, 1.807) is 0 Å². The predicted octanol–water partition coefficient (Wildman–Crippen LogP) is 23.1. The minimum absolute atomic E-state index is 0.0990. The normalized spacial score (nSPS) is 12.6. The average Bonchev–Trinajstić information content (AvgIpc) is 3.44. The summed E-state index contributed by atoms with van der Waals surface area (Å²) in [6, 6.07) is 0. The number of rotatable bonds is 61. The molecule has 0 bridgehead atoms. The molecule has 0 saturated heterocycles. The molecule has 0 aromatic heterocycles. The third kappa shape index (κ3) is 63.4. The molecule has 0 aliphatic carbocycles. The summed E-state index contributed by atoms with van der Waals surface area (Å²) in [6.45, 7) is 6.49. The fourth-order valence-electron chi connectivity index (χ4n) is 9.64. The lowest BCUT2D eigenvalue weighted by molar-refractivity contribution is -0.166. The molecule has 0 spiro atoms. The highest BCUT2D eigenvalue weighted by Gasteiger charge is 2.19. The maximum absolute atomic E-state index is 12.9. The SMILES string of the molecule is CC/C=C\C/C=C\C/C=C\C/C=C\CCC(=O)OCC(COC(=O)CCCCCCCCCCCCCCCCCCCCCCCCCC)OC(=O)CCCCCCCCCC/C=C\C/C=C\C/C=C\CCCCCCC.